The van der Waals surface area contributed by atoms with Crippen LogP contribution in [0.1, 0.15) is 0 Å². The molecular weight excluding hydrogens is 252 g/mol. The topological polar surface area (TPSA) is 61.7 Å². The van der Waals surface area contributed by atoms with Crippen LogP contribution in [0.2, 0.25) is 0 Å². The SMILES string of the molecule is C[n+]1cccc(N=Nc2ccnc3c(O)cccc23)c1. The van der Waals surface area contributed by atoms with E-state index in [0.29, 0.717) is 11.2 Å². The Morgan fingerprint density at radius 3 is 2.85 bits per heavy atom. The number of fused-ring (bicyclic) bond motifs is 1. The summed E-state index contributed by atoms with van der Waals surface area (Å²) >= 11 is 0. The van der Waals surface area contributed by atoms with Crippen molar-refractivity contribution in [3.05, 3.63) is 55.0 Å². The summed E-state index contributed by atoms with van der Waals surface area (Å²) < 4.78 is 1.91. The molecule has 2 aromatic heterocycles. The molecule has 0 unspecified atom stereocenters. The van der Waals surface area contributed by atoms with Crippen LogP contribution in [0.4, 0.5) is 11.4 Å². The highest BCUT2D eigenvalue weighted by molar-refractivity contribution is 5.92. The highest BCUT2D eigenvalue weighted by Crippen LogP contribution is 2.30. The number of pyridine rings is 2. The first kappa shape index (κ1) is 12.2. The lowest BCUT2D eigenvalue weighted by atomic mass is 10.2. The van der Waals surface area contributed by atoms with Gasteiger partial charge in [0.25, 0.3) is 0 Å². The molecule has 0 aliphatic heterocycles. The molecule has 1 N–H and O–H groups in total. The lowest BCUT2D eigenvalue weighted by Crippen LogP contribution is -2.25. The van der Waals surface area contributed by atoms with Crippen LogP contribution in [0.3, 0.4) is 0 Å². The Morgan fingerprint density at radius 2 is 2.00 bits per heavy atom. The number of rotatable bonds is 2. The molecule has 20 heavy (non-hydrogen) atoms. The summed E-state index contributed by atoms with van der Waals surface area (Å²) in [5, 5.41) is 19.0. The van der Waals surface area contributed by atoms with Gasteiger partial charge in [-0.2, -0.15) is 0 Å². The number of para-hydroxylation sites is 1. The van der Waals surface area contributed by atoms with Crippen LogP contribution in [0.25, 0.3) is 10.9 Å². The second kappa shape index (κ2) is 5.05. The summed E-state index contributed by atoms with van der Waals surface area (Å²) in [5.74, 6) is 0.144. The van der Waals surface area contributed by atoms with Crippen molar-refractivity contribution >= 4 is 22.3 Å². The third-order valence-corrected chi connectivity index (χ3v) is 2.92. The molecular formula is C15H13N4O+. The molecule has 0 fully saturated rings. The van der Waals surface area contributed by atoms with Gasteiger partial charge in [-0.3, -0.25) is 4.98 Å². The Kier molecular flexibility index (Phi) is 3.09. The van der Waals surface area contributed by atoms with Crippen molar-refractivity contribution in [2.24, 2.45) is 17.3 Å². The molecule has 0 saturated heterocycles. The quantitative estimate of drug-likeness (QED) is 0.571. The molecule has 5 heteroatoms. The van der Waals surface area contributed by atoms with Crippen molar-refractivity contribution in [3.63, 3.8) is 0 Å². The number of benzene rings is 1. The van der Waals surface area contributed by atoms with Crippen molar-refractivity contribution in [2.45, 2.75) is 0 Å². The van der Waals surface area contributed by atoms with Crippen molar-refractivity contribution in [1.29, 1.82) is 0 Å². The van der Waals surface area contributed by atoms with Gasteiger partial charge in [0, 0.05) is 17.6 Å². The maximum atomic E-state index is 9.78. The van der Waals surface area contributed by atoms with Crippen LogP contribution in [0.5, 0.6) is 5.75 Å². The fourth-order valence-electron chi connectivity index (χ4n) is 1.98. The number of aromatic nitrogens is 2. The van der Waals surface area contributed by atoms with Gasteiger partial charge in [-0.05, 0) is 18.2 Å². The average molecular weight is 265 g/mol. The number of phenolic OH excluding ortho intramolecular Hbond substituents is 1. The molecule has 5 nitrogen and oxygen atoms in total. The van der Waals surface area contributed by atoms with Crippen LogP contribution in [0.15, 0.2) is 65.2 Å². The molecule has 3 rings (SSSR count). The fraction of sp³-hybridized carbons (Fsp3) is 0.0667. The summed E-state index contributed by atoms with van der Waals surface area (Å²) in [4.78, 5) is 4.15. The zero-order chi connectivity index (χ0) is 13.9. The van der Waals surface area contributed by atoms with Crippen molar-refractivity contribution in [2.75, 3.05) is 0 Å². The Labute approximate surface area is 115 Å². The van der Waals surface area contributed by atoms with Gasteiger partial charge >= 0.3 is 0 Å². The average Bonchev–Trinajstić information content (AvgIpc) is 2.46. The maximum absolute atomic E-state index is 9.78. The predicted molar refractivity (Wildman–Crippen MR) is 75.2 cm³/mol. The first-order chi connectivity index (χ1) is 9.74. The molecule has 0 aliphatic rings. The monoisotopic (exact) mass is 265 g/mol. The largest absolute Gasteiger partial charge is 0.506 e. The molecule has 0 bridgehead atoms. The lowest BCUT2D eigenvalue weighted by Gasteiger charge is -2.01. The van der Waals surface area contributed by atoms with E-state index in [-0.39, 0.29) is 5.75 Å². The molecule has 0 aliphatic carbocycles. The number of hydrogen-bond donors (Lipinski definition) is 1. The van der Waals surface area contributed by atoms with E-state index < -0.39 is 0 Å². The molecule has 0 saturated carbocycles. The second-order valence-corrected chi connectivity index (χ2v) is 4.43. The van der Waals surface area contributed by atoms with Crippen LogP contribution >= 0.6 is 0 Å². The van der Waals surface area contributed by atoms with Gasteiger partial charge < -0.3 is 5.11 Å². The van der Waals surface area contributed by atoms with E-state index in [1.54, 1.807) is 24.4 Å². The van der Waals surface area contributed by atoms with E-state index in [4.69, 9.17) is 0 Å². The minimum absolute atomic E-state index is 0.144. The minimum Gasteiger partial charge on any atom is -0.506 e. The van der Waals surface area contributed by atoms with Gasteiger partial charge in [0.15, 0.2) is 12.4 Å². The summed E-state index contributed by atoms with van der Waals surface area (Å²) in [7, 11) is 1.93. The zero-order valence-electron chi connectivity index (χ0n) is 10.9. The minimum atomic E-state index is 0.144. The molecule has 0 atom stereocenters. The number of phenols is 1. The van der Waals surface area contributed by atoms with Crippen LogP contribution in [-0.4, -0.2) is 10.1 Å². The van der Waals surface area contributed by atoms with Crippen LogP contribution < -0.4 is 4.57 Å². The summed E-state index contributed by atoms with van der Waals surface area (Å²) in [6.07, 6.45) is 5.42. The van der Waals surface area contributed by atoms with E-state index in [0.717, 1.165) is 11.1 Å². The highest BCUT2D eigenvalue weighted by atomic mass is 16.3. The third kappa shape index (κ3) is 2.33. The van der Waals surface area contributed by atoms with Gasteiger partial charge in [0.1, 0.15) is 24.0 Å². The molecule has 0 spiro atoms. The Balaban J connectivity index is 2.05. The zero-order valence-corrected chi connectivity index (χ0v) is 10.9. The maximum Gasteiger partial charge on any atom is 0.196 e. The van der Waals surface area contributed by atoms with E-state index in [1.807, 2.05) is 42.2 Å². The standard InChI is InChI=1S/C15H12N4O/c1-19-9-3-4-11(10-19)17-18-13-7-8-16-15-12(13)5-2-6-14(15)20/h2-10H,1H3/p+1. The smallest absolute Gasteiger partial charge is 0.196 e. The second-order valence-electron chi connectivity index (χ2n) is 4.43. The Bertz CT molecular complexity index is 799. The van der Waals surface area contributed by atoms with Gasteiger partial charge in [-0.15, -0.1) is 10.2 Å². The van der Waals surface area contributed by atoms with E-state index in [9.17, 15) is 5.11 Å². The lowest BCUT2D eigenvalue weighted by molar-refractivity contribution is -0.670. The molecule has 3 aromatic rings. The number of aromatic hydroxyl groups is 1. The van der Waals surface area contributed by atoms with Crippen molar-refractivity contribution in [1.82, 2.24) is 4.98 Å². The Hall–Kier alpha value is -2.82. The van der Waals surface area contributed by atoms with Gasteiger partial charge in [-0.1, -0.05) is 12.1 Å². The van der Waals surface area contributed by atoms with E-state index >= 15 is 0 Å². The predicted octanol–water partition coefficient (Wildman–Crippen LogP) is 3.18. The normalized spacial score (nSPS) is 11.2. The van der Waals surface area contributed by atoms with E-state index in [1.165, 1.54) is 0 Å². The number of azo groups is 1. The molecule has 1 aromatic carbocycles. The number of nitrogens with zero attached hydrogens (tertiary/aromatic N) is 4. The fourth-order valence-corrected chi connectivity index (χ4v) is 1.98. The van der Waals surface area contributed by atoms with Crippen LogP contribution in [-0.2, 0) is 7.05 Å². The van der Waals surface area contributed by atoms with Gasteiger partial charge in [0.2, 0.25) is 0 Å². The Morgan fingerprint density at radius 1 is 1.10 bits per heavy atom. The summed E-state index contributed by atoms with van der Waals surface area (Å²) in [5.41, 5.74) is 1.97. The highest BCUT2D eigenvalue weighted by Gasteiger charge is 2.05. The van der Waals surface area contributed by atoms with Crippen molar-refractivity contribution < 1.29 is 9.67 Å². The molecule has 2 heterocycles. The molecule has 98 valence electrons. The van der Waals surface area contributed by atoms with Gasteiger partial charge in [-0.25, -0.2) is 4.57 Å². The molecule has 0 radical (unpaired) electrons. The van der Waals surface area contributed by atoms with Crippen LogP contribution in [0, 0.1) is 0 Å². The summed E-state index contributed by atoms with van der Waals surface area (Å²) in [6, 6.07) is 10.8. The van der Waals surface area contributed by atoms with Crippen molar-refractivity contribution in [3.8, 4) is 5.75 Å². The number of aryl methyl sites for hydroxylation is 1. The summed E-state index contributed by atoms with van der Waals surface area (Å²) in [6.45, 7) is 0. The third-order valence-electron chi connectivity index (χ3n) is 2.92. The van der Waals surface area contributed by atoms with E-state index in [2.05, 4.69) is 15.2 Å². The van der Waals surface area contributed by atoms with Gasteiger partial charge in [0.05, 0.1) is 5.69 Å². The first-order valence-electron chi connectivity index (χ1n) is 6.18. The number of hydrogen-bond acceptors (Lipinski definition) is 4. The molecule has 0 amide bonds. The first-order valence-corrected chi connectivity index (χ1v) is 6.18.